The number of likely N-dealkylation sites (tertiary alicyclic amines) is 1. The number of carbonyl (C=O) groups excluding carboxylic acids is 1. The van der Waals surface area contributed by atoms with E-state index in [2.05, 4.69) is 13.8 Å². The Morgan fingerprint density at radius 1 is 1.40 bits per heavy atom. The van der Waals surface area contributed by atoms with E-state index in [1.165, 1.54) is 12.0 Å². The molecule has 0 aromatic carbocycles. The number of carbonyl (C=O) groups is 1. The Morgan fingerprint density at radius 3 is 2.60 bits per heavy atom. The van der Waals surface area contributed by atoms with Crippen molar-refractivity contribution in [3.8, 4) is 0 Å². The summed E-state index contributed by atoms with van der Waals surface area (Å²) < 4.78 is 10.8. The number of rotatable bonds is 5. The molecule has 5 heteroatoms. The van der Waals surface area contributed by atoms with Crippen LogP contribution in [0.25, 0.3) is 0 Å². The molecule has 0 aromatic heterocycles. The van der Waals surface area contributed by atoms with Crippen molar-refractivity contribution < 1.29 is 13.7 Å². The summed E-state index contributed by atoms with van der Waals surface area (Å²) in [5.41, 5.74) is -0.551. The van der Waals surface area contributed by atoms with Crippen LogP contribution in [-0.2, 0) is 8.92 Å². The van der Waals surface area contributed by atoms with Crippen molar-refractivity contribution in [2.45, 2.75) is 65.0 Å². The van der Waals surface area contributed by atoms with Gasteiger partial charge in [-0.1, -0.05) is 0 Å². The van der Waals surface area contributed by atoms with E-state index in [4.69, 9.17) is 8.92 Å². The van der Waals surface area contributed by atoms with Gasteiger partial charge in [0.2, 0.25) is 0 Å². The smallest absolute Gasteiger partial charge is 0.410 e. The van der Waals surface area contributed by atoms with Gasteiger partial charge in [0.05, 0.1) is 6.61 Å². The second kappa shape index (κ2) is 7.03. The second-order valence-electron chi connectivity index (χ2n) is 7.10. The first-order valence-corrected chi connectivity index (χ1v) is 8.47. The maximum absolute atomic E-state index is 12.3. The monoisotopic (exact) mass is 303 g/mol. The molecule has 0 saturated carbocycles. The number of hydrogen-bond acceptors (Lipinski definition) is 4. The fraction of sp³-hybridized carbons (Fsp3) is 0.933. The van der Waals surface area contributed by atoms with Crippen LogP contribution >= 0.6 is 12.0 Å². The fourth-order valence-electron chi connectivity index (χ4n) is 2.73. The van der Waals surface area contributed by atoms with Crippen LogP contribution in [0.2, 0.25) is 0 Å². The van der Waals surface area contributed by atoms with E-state index >= 15 is 0 Å². The van der Waals surface area contributed by atoms with Crippen molar-refractivity contribution in [2.24, 2.45) is 5.92 Å². The quantitative estimate of drug-likeness (QED) is 0.566. The van der Waals surface area contributed by atoms with Gasteiger partial charge in [-0.25, -0.2) is 4.79 Å². The van der Waals surface area contributed by atoms with Gasteiger partial charge in [-0.15, -0.1) is 0 Å². The van der Waals surface area contributed by atoms with Crippen molar-refractivity contribution in [2.75, 3.05) is 19.4 Å². The van der Waals surface area contributed by atoms with E-state index in [9.17, 15) is 4.79 Å². The van der Waals surface area contributed by atoms with Crippen molar-refractivity contribution in [3.63, 3.8) is 0 Å². The van der Waals surface area contributed by atoms with E-state index in [1.807, 2.05) is 31.9 Å². The third kappa shape index (κ3) is 5.52. The molecule has 1 saturated heterocycles. The lowest BCUT2D eigenvalue weighted by atomic mass is 9.93. The molecular weight excluding hydrogens is 274 g/mol. The molecule has 4 nitrogen and oxygen atoms in total. The van der Waals surface area contributed by atoms with Crippen molar-refractivity contribution in [3.05, 3.63) is 0 Å². The molecule has 0 spiro atoms. The molecule has 1 amide bonds. The molecule has 1 aliphatic rings. The average molecular weight is 303 g/mol. The number of amides is 1. The van der Waals surface area contributed by atoms with Crippen LogP contribution in [0.15, 0.2) is 0 Å². The van der Waals surface area contributed by atoms with E-state index in [0.29, 0.717) is 5.92 Å². The minimum Gasteiger partial charge on any atom is -0.444 e. The lowest BCUT2D eigenvalue weighted by Crippen LogP contribution is -2.45. The van der Waals surface area contributed by atoms with Crippen molar-refractivity contribution in [1.82, 2.24) is 4.90 Å². The van der Waals surface area contributed by atoms with Gasteiger partial charge in [-0.3, -0.25) is 0 Å². The second-order valence-corrected chi connectivity index (χ2v) is 7.67. The van der Waals surface area contributed by atoms with Crippen LogP contribution in [0, 0.1) is 5.92 Å². The number of hydrogen-bond donors (Lipinski definition) is 0. The standard InChI is InChI=1S/C15H29NO3S/c1-14(2,3)19-13(17)16-11-12(10-15(16,4)5)8-7-9-18-20-6/h12H,7-11H2,1-6H3. The molecule has 0 N–H and O–H groups in total. The van der Waals surface area contributed by atoms with Crippen LogP contribution in [-0.4, -0.2) is 41.5 Å². The van der Waals surface area contributed by atoms with Gasteiger partial charge in [0, 0.05) is 18.3 Å². The highest BCUT2D eigenvalue weighted by molar-refractivity contribution is 7.93. The molecule has 0 aromatic rings. The van der Waals surface area contributed by atoms with Crippen LogP contribution in [0.1, 0.15) is 53.9 Å². The van der Waals surface area contributed by atoms with E-state index in [1.54, 1.807) is 0 Å². The molecule has 1 atom stereocenters. The zero-order valence-electron chi connectivity index (χ0n) is 13.7. The SMILES string of the molecule is CSOCCCC1CN(C(=O)OC(C)(C)C)C(C)(C)C1. The Kier molecular flexibility index (Phi) is 6.20. The summed E-state index contributed by atoms with van der Waals surface area (Å²) in [7, 11) is 0. The van der Waals surface area contributed by atoms with E-state index in [-0.39, 0.29) is 11.6 Å². The van der Waals surface area contributed by atoms with Gasteiger partial charge in [-0.2, -0.15) is 0 Å². The summed E-state index contributed by atoms with van der Waals surface area (Å²) in [4.78, 5) is 14.2. The normalized spacial score (nSPS) is 22.1. The summed E-state index contributed by atoms with van der Waals surface area (Å²) in [5, 5.41) is 0. The third-order valence-electron chi connectivity index (χ3n) is 3.53. The Bertz CT molecular complexity index is 326. The first kappa shape index (κ1) is 17.6. The zero-order valence-corrected chi connectivity index (χ0v) is 14.5. The fourth-order valence-corrected chi connectivity index (χ4v) is 3.02. The summed E-state index contributed by atoms with van der Waals surface area (Å²) in [6, 6.07) is 0. The molecular formula is C15H29NO3S. The van der Waals surface area contributed by atoms with Crippen LogP contribution < -0.4 is 0 Å². The summed E-state index contributed by atoms with van der Waals surface area (Å²) >= 11 is 1.41. The van der Waals surface area contributed by atoms with Crippen molar-refractivity contribution in [1.29, 1.82) is 0 Å². The highest BCUT2D eigenvalue weighted by Crippen LogP contribution is 2.36. The lowest BCUT2D eigenvalue weighted by Gasteiger charge is -2.33. The van der Waals surface area contributed by atoms with Gasteiger partial charge in [0.25, 0.3) is 0 Å². The molecule has 1 fully saturated rings. The molecule has 0 radical (unpaired) electrons. The zero-order chi connectivity index (χ0) is 15.4. The molecule has 118 valence electrons. The van der Waals surface area contributed by atoms with Gasteiger partial charge in [-0.05, 0) is 71.8 Å². The molecule has 1 unspecified atom stereocenters. The first-order valence-electron chi connectivity index (χ1n) is 7.32. The summed E-state index contributed by atoms with van der Waals surface area (Å²) in [6.07, 6.45) is 4.92. The Labute approximate surface area is 127 Å². The topological polar surface area (TPSA) is 38.8 Å². The highest BCUT2D eigenvalue weighted by atomic mass is 32.2. The van der Waals surface area contributed by atoms with Gasteiger partial charge >= 0.3 is 6.09 Å². The number of nitrogens with zero attached hydrogens (tertiary/aromatic N) is 1. The summed E-state index contributed by atoms with van der Waals surface area (Å²) in [5.74, 6) is 0.544. The molecule has 0 aliphatic carbocycles. The molecule has 20 heavy (non-hydrogen) atoms. The Hall–Kier alpha value is -0.420. The highest BCUT2D eigenvalue weighted by Gasteiger charge is 2.42. The maximum Gasteiger partial charge on any atom is 0.410 e. The van der Waals surface area contributed by atoms with Crippen LogP contribution in [0.3, 0.4) is 0 Å². The average Bonchev–Trinajstić information content (AvgIpc) is 2.58. The molecule has 0 bridgehead atoms. The van der Waals surface area contributed by atoms with E-state index in [0.717, 1.165) is 32.4 Å². The predicted octanol–water partition coefficient (Wildman–Crippen LogP) is 4.10. The Morgan fingerprint density at radius 2 is 2.05 bits per heavy atom. The van der Waals surface area contributed by atoms with Gasteiger partial charge < -0.3 is 13.8 Å². The third-order valence-corrected chi connectivity index (χ3v) is 3.93. The van der Waals surface area contributed by atoms with Gasteiger partial charge in [0.1, 0.15) is 5.60 Å². The molecule has 1 heterocycles. The molecule has 1 rings (SSSR count). The van der Waals surface area contributed by atoms with E-state index < -0.39 is 5.60 Å². The largest absolute Gasteiger partial charge is 0.444 e. The summed E-state index contributed by atoms with van der Waals surface area (Å²) in [6.45, 7) is 11.5. The van der Waals surface area contributed by atoms with Crippen LogP contribution in [0.4, 0.5) is 4.79 Å². The lowest BCUT2D eigenvalue weighted by molar-refractivity contribution is 0.0131. The minimum absolute atomic E-state index is 0.118. The maximum atomic E-state index is 12.3. The Balaban J connectivity index is 2.50. The van der Waals surface area contributed by atoms with Crippen LogP contribution in [0.5, 0.6) is 0 Å². The minimum atomic E-state index is -0.433. The predicted molar refractivity (Wildman–Crippen MR) is 83.8 cm³/mol. The number of ether oxygens (including phenoxy) is 1. The van der Waals surface area contributed by atoms with Crippen molar-refractivity contribution >= 4 is 18.1 Å². The molecule has 1 aliphatic heterocycles. The van der Waals surface area contributed by atoms with Gasteiger partial charge in [0.15, 0.2) is 0 Å². The first-order chi connectivity index (χ1) is 9.15.